The first-order valence-corrected chi connectivity index (χ1v) is 10.1. The molecule has 0 bridgehead atoms. The molecule has 2 heterocycles. The van der Waals surface area contributed by atoms with E-state index >= 15 is 0 Å². The molecule has 0 saturated carbocycles. The summed E-state index contributed by atoms with van der Waals surface area (Å²) in [5.41, 5.74) is 3.41. The molecule has 1 saturated heterocycles. The van der Waals surface area contributed by atoms with Crippen LogP contribution in [0.25, 0.3) is 5.69 Å². The van der Waals surface area contributed by atoms with Crippen molar-refractivity contribution in [2.45, 2.75) is 13.1 Å². The van der Waals surface area contributed by atoms with E-state index in [1.165, 1.54) is 5.56 Å². The molecule has 6 nitrogen and oxygen atoms in total. The fourth-order valence-corrected chi connectivity index (χ4v) is 3.58. The Kier molecular flexibility index (Phi) is 6.34. The number of piperazine rings is 1. The zero-order valence-corrected chi connectivity index (χ0v) is 16.6. The number of carbonyl (C=O) groups excluding carboxylic acids is 1. The molecule has 2 aromatic carbocycles. The summed E-state index contributed by atoms with van der Waals surface area (Å²) < 4.78 is 1.92. The summed E-state index contributed by atoms with van der Waals surface area (Å²) in [5.74, 6) is 0.0893. The Morgan fingerprint density at radius 1 is 0.862 bits per heavy atom. The van der Waals surface area contributed by atoms with Crippen LogP contribution < -0.4 is 5.32 Å². The van der Waals surface area contributed by atoms with Gasteiger partial charge < -0.3 is 5.32 Å². The van der Waals surface area contributed by atoms with Gasteiger partial charge in [0.1, 0.15) is 0 Å². The van der Waals surface area contributed by atoms with E-state index < -0.39 is 0 Å². The van der Waals surface area contributed by atoms with E-state index in [0.717, 1.165) is 44.0 Å². The van der Waals surface area contributed by atoms with Crippen LogP contribution in [0.5, 0.6) is 0 Å². The summed E-state index contributed by atoms with van der Waals surface area (Å²) in [6.07, 6.45) is 4.04. The summed E-state index contributed by atoms with van der Waals surface area (Å²) in [4.78, 5) is 16.9. The third-order valence-electron chi connectivity index (χ3n) is 5.23. The van der Waals surface area contributed by atoms with Crippen molar-refractivity contribution in [1.82, 2.24) is 24.9 Å². The zero-order valence-electron chi connectivity index (χ0n) is 16.6. The van der Waals surface area contributed by atoms with Crippen LogP contribution in [-0.2, 0) is 17.9 Å². The molecular weight excluding hydrogens is 362 g/mol. The first-order chi connectivity index (χ1) is 14.3. The van der Waals surface area contributed by atoms with Gasteiger partial charge in [0.2, 0.25) is 5.91 Å². The third-order valence-corrected chi connectivity index (χ3v) is 5.23. The molecule has 0 aliphatic carbocycles. The number of aromatic nitrogens is 2. The molecule has 6 heteroatoms. The number of amides is 1. The molecule has 1 aliphatic rings. The molecule has 29 heavy (non-hydrogen) atoms. The van der Waals surface area contributed by atoms with Gasteiger partial charge in [-0.3, -0.25) is 14.6 Å². The molecule has 150 valence electrons. The van der Waals surface area contributed by atoms with Gasteiger partial charge in [0.25, 0.3) is 0 Å². The maximum absolute atomic E-state index is 12.2. The molecule has 0 spiro atoms. The molecule has 1 aliphatic heterocycles. The summed E-state index contributed by atoms with van der Waals surface area (Å²) in [6.45, 7) is 5.68. The minimum absolute atomic E-state index is 0.0893. The quantitative estimate of drug-likeness (QED) is 0.674. The highest BCUT2D eigenvalue weighted by Crippen LogP contribution is 2.11. The minimum atomic E-state index is 0.0893. The van der Waals surface area contributed by atoms with E-state index in [9.17, 15) is 4.79 Å². The van der Waals surface area contributed by atoms with E-state index in [0.29, 0.717) is 13.1 Å². The Balaban J connectivity index is 1.20. The van der Waals surface area contributed by atoms with Crippen LogP contribution in [0.15, 0.2) is 73.1 Å². The van der Waals surface area contributed by atoms with Crippen molar-refractivity contribution in [2.24, 2.45) is 0 Å². The monoisotopic (exact) mass is 389 g/mol. The molecule has 0 radical (unpaired) electrons. The number of nitrogens with one attached hydrogen (secondary N) is 1. The predicted molar refractivity (Wildman–Crippen MR) is 114 cm³/mol. The lowest BCUT2D eigenvalue weighted by molar-refractivity contribution is -0.122. The lowest BCUT2D eigenvalue weighted by Crippen LogP contribution is -2.49. The number of rotatable bonds is 7. The Morgan fingerprint density at radius 2 is 1.52 bits per heavy atom. The Labute approximate surface area is 171 Å². The van der Waals surface area contributed by atoms with E-state index in [1.807, 2.05) is 59.4 Å². The van der Waals surface area contributed by atoms with Gasteiger partial charge in [-0.15, -0.1) is 0 Å². The van der Waals surface area contributed by atoms with Gasteiger partial charge in [-0.1, -0.05) is 48.5 Å². The molecule has 1 amide bonds. The number of carbonyl (C=O) groups is 1. The van der Waals surface area contributed by atoms with Gasteiger partial charge in [-0.2, -0.15) is 5.10 Å². The fourth-order valence-electron chi connectivity index (χ4n) is 3.58. The molecule has 4 rings (SSSR count). The lowest BCUT2D eigenvalue weighted by Gasteiger charge is -2.34. The number of para-hydroxylation sites is 1. The predicted octanol–water partition coefficient (Wildman–Crippen LogP) is 2.31. The summed E-state index contributed by atoms with van der Waals surface area (Å²) in [5, 5.41) is 7.49. The van der Waals surface area contributed by atoms with Crippen LogP contribution in [0.2, 0.25) is 0 Å². The molecule has 1 N–H and O–H groups in total. The van der Waals surface area contributed by atoms with Crippen molar-refractivity contribution < 1.29 is 4.79 Å². The number of hydrogen-bond donors (Lipinski definition) is 1. The Hall–Kier alpha value is -2.96. The van der Waals surface area contributed by atoms with Crippen LogP contribution in [0.3, 0.4) is 0 Å². The first kappa shape index (κ1) is 19.4. The molecule has 1 aromatic heterocycles. The summed E-state index contributed by atoms with van der Waals surface area (Å²) in [6, 6.07) is 20.2. The van der Waals surface area contributed by atoms with Crippen molar-refractivity contribution >= 4 is 5.91 Å². The Morgan fingerprint density at radius 3 is 2.24 bits per heavy atom. The number of benzene rings is 2. The van der Waals surface area contributed by atoms with Gasteiger partial charge in [0, 0.05) is 51.0 Å². The topological polar surface area (TPSA) is 53.4 Å². The molecule has 0 atom stereocenters. The van der Waals surface area contributed by atoms with E-state index in [4.69, 9.17) is 0 Å². The average molecular weight is 390 g/mol. The Bertz CT molecular complexity index is 901. The van der Waals surface area contributed by atoms with Crippen molar-refractivity contribution in [3.8, 4) is 5.69 Å². The lowest BCUT2D eigenvalue weighted by atomic mass is 10.2. The van der Waals surface area contributed by atoms with Gasteiger partial charge in [0.15, 0.2) is 0 Å². The van der Waals surface area contributed by atoms with Crippen LogP contribution in [0.4, 0.5) is 0 Å². The smallest absolute Gasteiger partial charge is 0.234 e. The molecule has 1 fully saturated rings. The van der Waals surface area contributed by atoms with E-state index in [2.05, 4.69) is 38.5 Å². The molecule has 3 aromatic rings. The zero-order chi connectivity index (χ0) is 19.9. The molecule has 0 unspecified atom stereocenters. The number of hydrogen-bond acceptors (Lipinski definition) is 4. The van der Waals surface area contributed by atoms with Crippen LogP contribution in [0, 0.1) is 0 Å². The highest BCUT2D eigenvalue weighted by molar-refractivity contribution is 5.78. The van der Waals surface area contributed by atoms with Gasteiger partial charge >= 0.3 is 0 Å². The second-order valence-corrected chi connectivity index (χ2v) is 7.44. The van der Waals surface area contributed by atoms with Gasteiger partial charge in [0.05, 0.1) is 18.4 Å². The van der Waals surface area contributed by atoms with Crippen LogP contribution in [0.1, 0.15) is 11.1 Å². The van der Waals surface area contributed by atoms with Crippen molar-refractivity contribution in [3.05, 3.63) is 84.2 Å². The van der Waals surface area contributed by atoms with Gasteiger partial charge in [-0.05, 0) is 17.7 Å². The normalized spacial score (nSPS) is 15.3. The fraction of sp³-hybridized carbons (Fsp3) is 0.304. The minimum Gasteiger partial charge on any atom is -0.351 e. The highest BCUT2D eigenvalue weighted by atomic mass is 16.2. The number of nitrogens with zero attached hydrogens (tertiary/aromatic N) is 4. The van der Waals surface area contributed by atoms with E-state index in [1.54, 1.807) is 0 Å². The summed E-state index contributed by atoms with van der Waals surface area (Å²) >= 11 is 0. The second kappa shape index (κ2) is 9.49. The van der Waals surface area contributed by atoms with Crippen LogP contribution in [-0.4, -0.2) is 58.2 Å². The van der Waals surface area contributed by atoms with Crippen molar-refractivity contribution in [1.29, 1.82) is 0 Å². The largest absolute Gasteiger partial charge is 0.351 e. The summed E-state index contributed by atoms with van der Waals surface area (Å²) in [7, 11) is 0. The SMILES string of the molecule is O=C(CN1CCN(Cc2cnn(-c3ccccc3)c2)CC1)NCc1ccccc1. The standard InChI is InChI=1S/C23H27N5O/c29-23(24-15-20-7-3-1-4-8-20)19-27-13-11-26(12-14-27)17-21-16-25-28(18-21)22-9-5-2-6-10-22/h1-10,16,18H,11-15,17,19H2,(H,24,29). The van der Waals surface area contributed by atoms with E-state index in [-0.39, 0.29) is 5.91 Å². The first-order valence-electron chi connectivity index (χ1n) is 10.1. The van der Waals surface area contributed by atoms with Crippen molar-refractivity contribution in [2.75, 3.05) is 32.7 Å². The van der Waals surface area contributed by atoms with Crippen molar-refractivity contribution in [3.63, 3.8) is 0 Å². The van der Waals surface area contributed by atoms with Gasteiger partial charge in [-0.25, -0.2) is 4.68 Å². The maximum Gasteiger partial charge on any atom is 0.234 e. The highest BCUT2D eigenvalue weighted by Gasteiger charge is 2.19. The average Bonchev–Trinajstić information content (AvgIpc) is 3.24. The molecular formula is C23H27N5O. The third kappa shape index (κ3) is 5.53. The van der Waals surface area contributed by atoms with Crippen LogP contribution >= 0.6 is 0 Å². The second-order valence-electron chi connectivity index (χ2n) is 7.44. The maximum atomic E-state index is 12.2.